The van der Waals surface area contributed by atoms with Gasteiger partial charge in [-0.25, -0.2) is 8.42 Å². The second-order valence-corrected chi connectivity index (χ2v) is 9.03. The summed E-state index contributed by atoms with van der Waals surface area (Å²) in [4.78, 5) is 12.8. The van der Waals surface area contributed by atoms with Crippen LogP contribution in [0.4, 0.5) is 5.69 Å². The van der Waals surface area contributed by atoms with Gasteiger partial charge in [0.15, 0.2) is 0 Å². The molecule has 0 heterocycles. The molecular weight excluding hydrogens is 412 g/mol. The standard InChI is InChI=1S/C24H26N2O4S/c1-4-26(31(28,29)21-15-9-18(2)10-16-21)17-19-11-13-20(14-12-19)24(27)25-22-7-5-6-8-23(22)30-3/h5-16H,4,17H2,1-3H3,(H,25,27). The van der Waals surface area contributed by atoms with Crippen molar-refractivity contribution in [2.75, 3.05) is 19.0 Å². The molecule has 7 heteroatoms. The molecule has 6 nitrogen and oxygen atoms in total. The van der Waals surface area contributed by atoms with Gasteiger partial charge in [-0.1, -0.05) is 48.9 Å². The number of benzene rings is 3. The third-order valence-corrected chi connectivity index (χ3v) is 6.88. The second kappa shape index (κ2) is 9.76. The number of sulfonamides is 1. The van der Waals surface area contributed by atoms with Gasteiger partial charge in [-0.05, 0) is 48.9 Å². The summed E-state index contributed by atoms with van der Waals surface area (Å²) < 4.78 is 32.6. The molecule has 3 aromatic carbocycles. The van der Waals surface area contributed by atoms with E-state index in [1.165, 1.54) is 4.31 Å². The number of ether oxygens (including phenoxy) is 1. The van der Waals surface area contributed by atoms with Crippen LogP contribution in [0.2, 0.25) is 0 Å². The average molecular weight is 439 g/mol. The quantitative estimate of drug-likeness (QED) is 0.563. The molecule has 0 aliphatic rings. The molecule has 1 N–H and O–H groups in total. The zero-order valence-electron chi connectivity index (χ0n) is 17.8. The van der Waals surface area contributed by atoms with Gasteiger partial charge in [0.2, 0.25) is 10.0 Å². The summed E-state index contributed by atoms with van der Waals surface area (Å²) in [5, 5.41) is 2.83. The van der Waals surface area contributed by atoms with Gasteiger partial charge in [-0.3, -0.25) is 4.79 Å². The summed E-state index contributed by atoms with van der Waals surface area (Å²) in [7, 11) is -2.06. The highest BCUT2D eigenvalue weighted by molar-refractivity contribution is 7.89. The molecule has 31 heavy (non-hydrogen) atoms. The Balaban J connectivity index is 1.73. The number of hydrogen-bond acceptors (Lipinski definition) is 4. The normalized spacial score (nSPS) is 11.4. The Morgan fingerprint density at radius 1 is 0.968 bits per heavy atom. The van der Waals surface area contributed by atoms with Crippen LogP contribution < -0.4 is 10.1 Å². The predicted molar refractivity (Wildman–Crippen MR) is 122 cm³/mol. The van der Waals surface area contributed by atoms with Gasteiger partial charge in [0.1, 0.15) is 5.75 Å². The lowest BCUT2D eigenvalue weighted by atomic mass is 10.1. The summed E-state index contributed by atoms with van der Waals surface area (Å²) in [5.74, 6) is 0.308. The monoisotopic (exact) mass is 438 g/mol. The number of rotatable bonds is 8. The van der Waals surface area contributed by atoms with Crippen LogP contribution in [0.15, 0.2) is 77.7 Å². The third-order valence-electron chi connectivity index (χ3n) is 4.94. The number of anilines is 1. The fourth-order valence-electron chi connectivity index (χ4n) is 3.13. The third kappa shape index (κ3) is 5.31. The minimum Gasteiger partial charge on any atom is -0.495 e. The number of carbonyl (C=O) groups excluding carboxylic acids is 1. The topological polar surface area (TPSA) is 75.7 Å². The number of carbonyl (C=O) groups is 1. The summed E-state index contributed by atoms with van der Waals surface area (Å²) in [5.41, 5.74) is 2.86. The lowest BCUT2D eigenvalue weighted by Crippen LogP contribution is -2.30. The van der Waals surface area contributed by atoms with Crippen molar-refractivity contribution in [3.63, 3.8) is 0 Å². The molecule has 0 saturated carbocycles. The molecule has 0 radical (unpaired) electrons. The Morgan fingerprint density at radius 2 is 1.61 bits per heavy atom. The molecule has 162 valence electrons. The first-order valence-corrected chi connectivity index (χ1v) is 11.4. The maximum absolute atomic E-state index is 13.0. The van der Waals surface area contributed by atoms with Gasteiger partial charge in [0, 0.05) is 18.7 Å². The van der Waals surface area contributed by atoms with Gasteiger partial charge < -0.3 is 10.1 Å². The van der Waals surface area contributed by atoms with Crippen LogP contribution in [0.25, 0.3) is 0 Å². The minimum atomic E-state index is -3.60. The lowest BCUT2D eigenvalue weighted by molar-refractivity contribution is 0.102. The van der Waals surface area contributed by atoms with Crippen molar-refractivity contribution in [2.45, 2.75) is 25.3 Å². The van der Waals surface area contributed by atoms with Crippen molar-refractivity contribution < 1.29 is 17.9 Å². The number of aryl methyl sites for hydroxylation is 1. The van der Waals surface area contributed by atoms with E-state index in [2.05, 4.69) is 5.32 Å². The van der Waals surface area contributed by atoms with Crippen LogP contribution in [0.3, 0.4) is 0 Å². The highest BCUT2D eigenvalue weighted by Crippen LogP contribution is 2.24. The Hall–Kier alpha value is -3.16. The summed E-state index contributed by atoms with van der Waals surface area (Å²) in [6, 6.07) is 20.9. The highest BCUT2D eigenvalue weighted by atomic mass is 32.2. The Bertz CT molecular complexity index is 1140. The number of nitrogens with zero attached hydrogens (tertiary/aromatic N) is 1. The van der Waals surface area contributed by atoms with E-state index in [1.807, 2.05) is 19.1 Å². The van der Waals surface area contributed by atoms with E-state index >= 15 is 0 Å². The molecule has 0 fully saturated rings. The number of para-hydroxylation sites is 2. The smallest absolute Gasteiger partial charge is 0.255 e. The fraction of sp³-hybridized carbons (Fsp3) is 0.208. The van der Waals surface area contributed by atoms with E-state index < -0.39 is 10.0 Å². The van der Waals surface area contributed by atoms with Crippen LogP contribution in [0, 0.1) is 6.92 Å². The molecule has 0 aliphatic heterocycles. The zero-order valence-corrected chi connectivity index (χ0v) is 18.6. The number of amides is 1. The average Bonchev–Trinajstić information content (AvgIpc) is 2.78. The summed E-state index contributed by atoms with van der Waals surface area (Å²) in [6.07, 6.45) is 0. The number of methoxy groups -OCH3 is 1. The largest absolute Gasteiger partial charge is 0.495 e. The van der Waals surface area contributed by atoms with E-state index in [9.17, 15) is 13.2 Å². The van der Waals surface area contributed by atoms with Crippen LogP contribution >= 0.6 is 0 Å². The lowest BCUT2D eigenvalue weighted by Gasteiger charge is -2.21. The maximum atomic E-state index is 13.0. The zero-order chi connectivity index (χ0) is 22.4. The first-order valence-electron chi connectivity index (χ1n) is 9.95. The predicted octanol–water partition coefficient (Wildman–Crippen LogP) is 4.47. The molecule has 3 aromatic rings. The summed E-state index contributed by atoms with van der Waals surface area (Å²) >= 11 is 0. The molecule has 0 aromatic heterocycles. The van der Waals surface area contributed by atoms with Crippen LogP contribution in [-0.4, -0.2) is 32.3 Å². The van der Waals surface area contributed by atoms with Crippen LogP contribution in [-0.2, 0) is 16.6 Å². The van der Waals surface area contributed by atoms with E-state index in [0.717, 1.165) is 11.1 Å². The van der Waals surface area contributed by atoms with Gasteiger partial charge in [0.05, 0.1) is 17.7 Å². The van der Waals surface area contributed by atoms with Gasteiger partial charge in [-0.2, -0.15) is 4.31 Å². The van der Waals surface area contributed by atoms with Crippen molar-refractivity contribution in [1.82, 2.24) is 4.31 Å². The molecule has 0 bridgehead atoms. The van der Waals surface area contributed by atoms with Gasteiger partial charge in [-0.15, -0.1) is 0 Å². The first kappa shape index (κ1) is 22.5. The van der Waals surface area contributed by atoms with Crippen molar-refractivity contribution in [2.24, 2.45) is 0 Å². The first-order chi connectivity index (χ1) is 14.8. The second-order valence-electron chi connectivity index (χ2n) is 7.10. The molecular formula is C24H26N2O4S. The molecule has 0 spiro atoms. The molecule has 0 aliphatic carbocycles. The Kier molecular flexibility index (Phi) is 7.09. The van der Waals surface area contributed by atoms with Crippen molar-refractivity contribution >= 4 is 21.6 Å². The molecule has 0 atom stereocenters. The molecule has 1 amide bonds. The van der Waals surface area contributed by atoms with Crippen LogP contribution in [0.5, 0.6) is 5.75 Å². The minimum absolute atomic E-state index is 0.223. The van der Waals surface area contributed by atoms with E-state index in [-0.39, 0.29) is 17.3 Å². The Morgan fingerprint density at radius 3 is 2.23 bits per heavy atom. The van der Waals surface area contributed by atoms with Gasteiger partial charge in [0.25, 0.3) is 5.91 Å². The molecule has 3 rings (SSSR count). The fourth-order valence-corrected chi connectivity index (χ4v) is 4.57. The molecule has 0 saturated heterocycles. The number of nitrogens with one attached hydrogen (secondary N) is 1. The van der Waals surface area contributed by atoms with Crippen LogP contribution in [0.1, 0.15) is 28.4 Å². The van der Waals surface area contributed by atoms with E-state index in [1.54, 1.807) is 74.7 Å². The maximum Gasteiger partial charge on any atom is 0.255 e. The SMILES string of the molecule is CCN(Cc1ccc(C(=O)Nc2ccccc2OC)cc1)S(=O)(=O)c1ccc(C)cc1. The van der Waals surface area contributed by atoms with Crippen molar-refractivity contribution in [1.29, 1.82) is 0 Å². The molecule has 0 unspecified atom stereocenters. The van der Waals surface area contributed by atoms with Crippen molar-refractivity contribution in [3.8, 4) is 5.75 Å². The Labute approximate surface area is 183 Å². The van der Waals surface area contributed by atoms with E-state index in [4.69, 9.17) is 4.74 Å². The van der Waals surface area contributed by atoms with Crippen molar-refractivity contribution in [3.05, 3.63) is 89.5 Å². The van der Waals surface area contributed by atoms with E-state index in [0.29, 0.717) is 23.5 Å². The number of hydrogen-bond donors (Lipinski definition) is 1. The highest BCUT2D eigenvalue weighted by Gasteiger charge is 2.23. The van der Waals surface area contributed by atoms with Gasteiger partial charge >= 0.3 is 0 Å². The summed E-state index contributed by atoms with van der Waals surface area (Å²) in [6.45, 7) is 4.29.